The fourth-order valence-corrected chi connectivity index (χ4v) is 3.19. The second-order valence-electron chi connectivity index (χ2n) is 5.17. The molecule has 0 bridgehead atoms. The molecule has 0 saturated heterocycles. The van der Waals surface area contributed by atoms with Gasteiger partial charge >= 0.3 is 0 Å². The van der Waals surface area contributed by atoms with E-state index < -0.39 is 11.8 Å². The van der Waals surface area contributed by atoms with Gasteiger partial charge in [-0.2, -0.15) is 0 Å². The van der Waals surface area contributed by atoms with Crippen LogP contribution >= 0.6 is 11.3 Å². The van der Waals surface area contributed by atoms with E-state index in [2.05, 4.69) is 4.99 Å². The molecule has 0 atom stereocenters. The number of benzene rings is 1. The minimum absolute atomic E-state index is 0.0990. The van der Waals surface area contributed by atoms with Gasteiger partial charge in [-0.15, -0.1) is 0 Å². The van der Waals surface area contributed by atoms with Crippen LogP contribution < -0.4 is 15.4 Å². The summed E-state index contributed by atoms with van der Waals surface area (Å²) in [5.74, 6) is -1.22. The SMILES string of the molecule is CC(=O)n1c(O)c(/C=C2/C=c3ccc(C)cc3=NC2=O)sc1=N. The molecule has 0 saturated carbocycles. The van der Waals surface area contributed by atoms with Crippen LogP contribution in [0.25, 0.3) is 12.2 Å². The molecule has 0 spiro atoms. The van der Waals surface area contributed by atoms with Gasteiger partial charge in [0, 0.05) is 17.7 Å². The molecule has 1 aromatic carbocycles. The molecular formula is C16H13N3O3S. The Balaban J connectivity index is 2.16. The summed E-state index contributed by atoms with van der Waals surface area (Å²) < 4.78 is 0.888. The summed E-state index contributed by atoms with van der Waals surface area (Å²) in [5.41, 5.74) is 1.31. The predicted molar refractivity (Wildman–Crippen MR) is 85.5 cm³/mol. The molecule has 1 aliphatic rings. The lowest BCUT2D eigenvalue weighted by Crippen LogP contribution is -2.30. The Morgan fingerprint density at radius 1 is 1.43 bits per heavy atom. The molecule has 1 aliphatic heterocycles. The molecule has 23 heavy (non-hydrogen) atoms. The number of aromatic hydroxyl groups is 1. The topological polar surface area (TPSA) is 95.5 Å². The first-order chi connectivity index (χ1) is 10.9. The standard InChI is InChI=1S/C16H13N3O3S/c1-8-3-4-10-6-11(14(21)18-12(10)5-8)7-13-15(22)19(9(2)20)16(17)23-13/h3-7,17,22H,1-2H3/b11-7-,17-16?. The summed E-state index contributed by atoms with van der Waals surface area (Å²) >= 11 is 0.917. The zero-order chi connectivity index (χ0) is 16.7. The van der Waals surface area contributed by atoms with E-state index in [0.717, 1.165) is 26.7 Å². The summed E-state index contributed by atoms with van der Waals surface area (Å²) in [4.78, 5) is 27.8. The maximum atomic E-state index is 12.1. The third-order valence-electron chi connectivity index (χ3n) is 3.41. The smallest absolute Gasteiger partial charge is 0.277 e. The average Bonchev–Trinajstić information content (AvgIpc) is 2.74. The summed E-state index contributed by atoms with van der Waals surface area (Å²) in [7, 11) is 0. The second kappa shape index (κ2) is 5.44. The molecule has 0 aliphatic carbocycles. The molecule has 1 aromatic heterocycles. The lowest BCUT2D eigenvalue weighted by molar-refractivity contribution is -0.114. The number of carbonyl (C=O) groups is 2. The molecule has 0 unspecified atom stereocenters. The number of thiazole rings is 1. The molecule has 2 N–H and O–H groups in total. The van der Waals surface area contributed by atoms with Gasteiger partial charge in [-0.25, -0.2) is 9.56 Å². The van der Waals surface area contributed by atoms with Crippen molar-refractivity contribution < 1.29 is 14.7 Å². The van der Waals surface area contributed by atoms with Crippen molar-refractivity contribution in [1.82, 2.24) is 4.57 Å². The summed E-state index contributed by atoms with van der Waals surface area (Å²) in [6.45, 7) is 3.18. The quantitative estimate of drug-likeness (QED) is 0.756. The minimum atomic E-state index is -0.460. The van der Waals surface area contributed by atoms with Crippen molar-refractivity contribution in [2.45, 2.75) is 13.8 Å². The normalized spacial score (nSPS) is 15.0. The van der Waals surface area contributed by atoms with E-state index in [1.165, 1.54) is 13.0 Å². The Bertz CT molecular complexity index is 1060. The third kappa shape index (κ3) is 2.66. The minimum Gasteiger partial charge on any atom is -0.493 e. The van der Waals surface area contributed by atoms with E-state index >= 15 is 0 Å². The van der Waals surface area contributed by atoms with Crippen molar-refractivity contribution in [2.24, 2.45) is 4.99 Å². The highest BCUT2D eigenvalue weighted by Gasteiger charge is 2.16. The largest absolute Gasteiger partial charge is 0.493 e. The van der Waals surface area contributed by atoms with Crippen LogP contribution in [-0.4, -0.2) is 21.5 Å². The molecule has 0 fully saturated rings. The van der Waals surface area contributed by atoms with Gasteiger partial charge < -0.3 is 5.11 Å². The number of hydrogen-bond acceptors (Lipinski definition) is 5. The number of hydrogen-bond donors (Lipinski definition) is 2. The number of aryl methyl sites for hydroxylation is 1. The Hall–Kier alpha value is -2.80. The molecule has 6 nitrogen and oxygen atoms in total. The molecule has 1 amide bonds. The molecule has 7 heteroatoms. The van der Waals surface area contributed by atoms with Gasteiger partial charge in [-0.05, 0) is 30.7 Å². The van der Waals surface area contributed by atoms with Gasteiger partial charge in [-0.3, -0.25) is 15.0 Å². The first-order valence-electron chi connectivity index (χ1n) is 6.80. The Kier molecular flexibility index (Phi) is 3.57. The first kappa shape index (κ1) is 15.1. The number of carbonyl (C=O) groups excluding carboxylic acids is 2. The summed E-state index contributed by atoms with van der Waals surface area (Å²) in [5, 5.41) is 19.2. The van der Waals surface area contributed by atoms with Crippen LogP contribution in [0.4, 0.5) is 0 Å². The van der Waals surface area contributed by atoms with Gasteiger partial charge in [0.05, 0.1) is 10.2 Å². The zero-order valence-electron chi connectivity index (χ0n) is 12.5. The maximum absolute atomic E-state index is 12.1. The number of nitrogens with zero attached hydrogens (tertiary/aromatic N) is 2. The lowest BCUT2D eigenvalue weighted by atomic mass is 10.1. The van der Waals surface area contributed by atoms with Crippen LogP contribution in [-0.2, 0) is 4.79 Å². The lowest BCUT2D eigenvalue weighted by Gasteiger charge is -2.04. The highest BCUT2D eigenvalue weighted by molar-refractivity contribution is 7.10. The van der Waals surface area contributed by atoms with E-state index in [9.17, 15) is 14.7 Å². The summed E-state index contributed by atoms with van der Waals surface area (Å²) in [6, 6.07) is 5.62. The molecule has 2 aromatic rings. The van der Waals surface area contributed by atoms with E-state index in [-0.39, 0.29) is 15.6 Å². The van der Waals surface area contributed by atoms with E-state index in [4.69, 9.17) is 5.41 Å². The van der Waals surface area contributed by atoms with Gasteiger partial charge in [0.2, 0.25) is 11.8 Å². The first-order valence-corrected chi connectivity index (χ1v) is 7.62. The molecule has 116 valence electrons. The third-order valence-corrected chi connectivity index (χ3v) is 4.31. The fourth-order valence-electron chi connectivity index (χ4n) is 2.31. The zero-order valence-corrected chi connectivity index (χ0v) is 13.3. The Morgan fingerprint density at radius 2 is 2.17 bits per heavy atom. The van der Waals surface area contributed by atoms with E-state index in [0.29, 0.717) is 10.9 Å². The highest BCUT2D eigenvalue weighted by atomic mass is 32.1. The van der Waals surface area contributed by atoms with Crippen LogP contribution in [0.5, 0.6) is 5.88 Å². The highest BCUT2D eigenvalue weighted by Crippen LogP contribution is 2.23. The second-order valence-corrected chi connectivity index (χ2v) is 6.20. The predicted octanol–water partition coefficient (Wildman–Crippen LogP) is 0.727. The van der Waals surface area contributed by atoms with Crippen LogP contribution in [0.3, 0.4) is 0 Å². The summed E-state index contributed by atoms with van der Waals surface area (Å²) in [6.07, 6.45) is 3.14. The van der Waals surface area contributed by atoms with Crippen LogP contribution in [0.1, 0.15) is 22.2 Å². The van der Waals surface area contributed by atoms with E-state index in [1.807, 2.05) is 25.1 Å². The monoisotopic (exact) mass is 327 g/mol. The Labute approximate surface area is 134 Å². The van der Waals surface area contributed by atoms with Crippen LogP contribution in [0.2, 0.25) is 0 Å². The molecular weight excluding hydrogens is 314 g/mol. The molecule has 2 heterocycles. The van der Waals surface area contributed by atoms with Crippen molar-refractivity contribution in [3.05, 3.63) is 49.6 Å². The van der Waals surface area contributed by atoms with Crippen LogP contribution in [0, 0.1) is 12.3 Å². The van der Waals surface area contributed by atoms with Gasteiger partial charge in [-0.1, -0.05) is 23.5 Å². The van der Waals surface area contributed by atoms with Crippen molar-refractivity contribution in [1.29, 1.82) is 5.41 Å². The van der Waals surface area contributed by atoms with E-state index in [1.54, 1.807) is 6.08 Å². The number of rotatable bonds is 1. The number of aromatic nitrogens is 1. The van der Waals surface area contributed by atoms with Gasteiger partial charge in [0.15, 0.2) is 4.80 Å². The van der Waals surface area contributed by atoms with Gasteiger partial charge in [0.1, 0.15) is 0 Å². The number of nitrogens with one attached hydrogen (secondary N) is 1. The maximum Gasteiger partial charge on any atom is 0.277 e. The molecule has 3 rings (SSSR count). The average molecular weight is 327 g/mol. The number of amides is 1. The number of fused-ring (bicyclic) bond motifs is 1. The Morgan fingerprint density at radius 3 is 2.83 bits per heavy atom. The van der Waals surface area contributed by atoms with Crippen molar-refractivity contribution in [3.63, 3.8) is 0 Å². The van der Waals surface area contributed by atoms with Gasteiger partial charge in [0.25, 0.3) is 5.91 Å². The molecule has 0 radical (unpaired) electrons. The van der Waals surface area contributed by atoms with Crippen molar-refractivity contribution >= 4 is 35.3 Å². The van der Waals surface area contributed by atoms with Crippen molar-refractivity contribution in [3.8, 4) is 5.88 Å². The fraction of sp³-hybridized carbons (Fsp3) is 0.125. The van der Waals surface area contributed by atoms with Crippen LogP contribution in [0.15, 0.2) is 28.8 Å². The van der Waals surface area contributed by atoms with Crippen molar-refractivity contribution in [2.75, 3.05) is 0 Å².